The lowest BCUT2D eigenvalue weighted by Gasteiger charge is -2.08. The molecule has 1 rings (SSSR count). The van der Waals surface area contributed by atoms with Crippen LogP contribution in [0.2, 0.25) is 0 Å². The Labute approximate surface area is 97.3 Å². The third-order valence-electron chi connectivity index (χ3n) is 1.96. The predicted molar refractivity (Wildman–Crippen MR) is 60.5 cm³/mol. The van der Waals surface area contributed by atoms with Crippen molar-refractivity contribution in [1.82, 2.24) is 0 Å². The molecule has 5 heteroatoms. The summed E-state index contributed by atoms with van der Waals surface area (Å²) in [7, 11) is 0. The highest BCUT2D eigenvalue weighted by atomic mass is 32.2. The fourth-order valence-electron chi connectivity index (χ4n) is 1.14. The van der Waals surface area contributed by atoms with E-state index in [-0.39, 0.29) is 12.2 Å². The van der Waals surface area contributed by atoms with E-state index in [0.717, 1.165) is 4.90 Å². The standard InChI is InChI=1S/C11H12O4S/c12-10(13)6-8(11(14)15)7-16-9-4-2-1-3-5-9/h1-5,8H,6-7H2,(H,12,13)(H,14,15). The number of hydrogen-bond acceptors (Lipinski definition) is 3. The van der Waals surface area contributed by atoms with Gasteiger partial charge in [0.05, 0.1) is 12.3 Å². The molecule has 0 aromatic heterocycles. The second-order valence-corrected chi connectivity index (χ2v) is 4.35. The van der Waals surface area contributed by atoms with Crippen molar-refractivity contribution in [2.75, 3.05) is 5.75 Å². The summed E-state index contributed by atoms with van der Waals surface area (Å²) in [4.78, 5) is 22.2. The van der Waals surface area contributed by atoms with Gasteiger partial charge in [-0.3, -0.25) is 9.59 Å². The van der Waals surface area contributed by atoms with Gasteiger partial charge in [0.1, 0.15) is 0 Å². The van der Waals surface area contributed by atoms with Crippen LogP contribution in [0.15, 0.2) is 35.2 Å². The highest BCUT2D eigenvalue weighted by molar-refractivity contribution is 7.99. The zero-order valence-corrected chi connectivity index (χ0v) is 9.31. The minimum atomic E-state index is -1.08. The lowest BCUT2D eigenvalue weighted by Crippen LogP contribution is -2.19. The van der Waals surface area contributed by atoms with Crippen molar-refractivity contribution in [3.8, 4) is 0 Å². The molecule has 1 unspecified atom stereocenters. The van der Waals surface area contributed by atoms with Gasteiger partial charge >= 0.3 is 11.9 Å². The number of rotatable bonds is 6. The molecule has 86 valence electrons. The fourth-order valence-corrected chi connectivity index (χ4v) is 2.15. The molecule has 0 radical (unpaired) electrons. The summed E-state index contributed by atoms with van der Waals surface area (Å²) >= 11 is 1.35. The van der Waals surface area contributed by atoms with E-state index in [1.54, 1.807) is 0 Å². The molecule has 0 heterocycles. The number of benzene rings is 1. The first kappa shape index (κ1) is 12.6. The van der Waals surface area contributed by atoms with Crippen LogP contribution >= 0.6 is 11.8 Å². The Balaban J connectivity index is 2.50. The van der Waals surface area contributed by atoms with E-state index in [1.807, 2.05) is 30.3 Å². The molecule has 1 atom stereocenters. The van der Waals surface area contributed by atoms with Crippen molar-refractivity contribution >= 4 is 23.7 Å². The normalized spacial score (nSPS) is 12.0. The van der Waals surface area contributed by atoms with Crippen LogP contribution < -0.4 is 0 Å². The Kier molecular flexibility index (Phi) is 4.85. The van der Waals surface area contributed by atoms with Crippen LogP contribution in [0.4, 0.5) is 0 Å². The molecule has 0 saturated heterocycles. The maximum Gasteiger partial charge on any atom is 0.307 e. The molecule has 0 aliphatic carbocycles. The Morgan fingerprint density at radius 1 is 1.19 bits per heavy atom. The van der Waals surface area contributed by atoms with Gasteiger partial charge in [0.25, 0.3) is 0 Å². The molecule has 0 spiro atoms. The second kappa shape index (κ2) is 6.17. The summed E-state index contributed by atoms with van der Waals surface area (Å²) in [6, 6.07) is 9.31. The van der Waals surface area contributed by atoms with Crippen molar-refractivity contribution in [3.05, 3.63) is 30.3 Å². The number of carboxylic acid groups (broad SMARTS) is 2. The van der Waals surface area contributed by atoms with Gasteiger partial charge in [-0.15, -0.1) is 11.8 Å². The Bertz CT molecular complexity index is 364. The van der Waals surface area contributed by atoms with Crippen LogP contribution in [0.25, 0.3) is 0 Å². The minimum absolute atomic E-state index is 0.269. The summed E-state index contributed by atoms with van der Waals surface area (Å²) < 4.78 is 0. The molecule has 0 aliphatic heterocycles. The van der Waals surface area contributed by atoms with Gasteiger partial charge in [0.2, 0.25) is 0 Å². The Morgan fingerprint density at radius 3 is 2.31 bits per heavy atom. The first-order valence-electron chi connectivity index (χ1n) is 4.72. The molecular formula is C11H12O4S. The average Bonchev–Trinajstić information content (AvgIpc) is 2.25. The van der Waals surface area contributed by atoms with Crippen molar-refractivity contribution in [3.63, 3.8) is 0 Å². The molecule has 1 aromatic carbocycles. The summed E-state index contributed by atoms with van der Waals surface area (Å²) in [6.45, 7) is 0. The van der Waals surface area contributed by atoms with Crippen LogP contribution in [0.1, 0.15) is 6.42 Å². The zero-order chi connectivity index (χ0) is 12.0. The van der Waals surface area contributed by atoms with Crippen molar-refractivity contribution in [2.45, 2.75) is 11.3 Å². The zero-order valence-electron chi connectivity index (χ0n) is 8.50. The van der Waals surface area contributed by atoms with Gasteiger partial charge in [0, 0.05) is 10.6 Å². The highest BCUT2D eigenvalue weighted by Crippen LogP contribution is 2.21. The molecule has 1 aromatic rings. The highest BCUT2D eigenvalue weighted by Gasteiger charge is 2.20. The first-order chi connectivity index (χ1) is 7.59. The Hall–Kier alpha value is -1.49. The fraction of sp³-hybridized carbons (Fsp3) is 0.273. The van der Waals surface area contributed by atoms with Crippen molar-refractivity contribution < 1.29 is 19.8 Å². The van der Waals surface area contributed by atoms with E-state index in [4.69, 9.17) is 10.2 Å². The number of aliphatic carboxylic acids is 2. The van der Waals surface area contributed by atoms with Crippen LogP contribution in [-0.4, -0.2) is 27.9 Å². The molecule has 0 saturated carbocycles. The molecule has 0 amide bonds. The lowest BCUT2D eigenvalue weighted by molar-refractivity contribution is -0.147. The van der Waals surface area contributed by atoms with Crippen LogP contribution in [0.3, 0.4) is 0 Å². The van der Waals surface area contributed by atoms with Crippen LogP contribution in [0, 0.1) is 5.92 Å². The van der Waals surface area contributed by atoms with Gasteiger partial charge in [0.15, 0.2) is 0 Å². The van der Waals surface area contributed by atoms with Crippen molar-refractivity contribution in [1.29, 1.82) is 0 Å². The molecular weight excluding hydrogens is 228 g/mol. The van der Waals surface area contributed by atoms with E-state index in [0.29, 0.717) is 0 Å². The average molecular weight is 240 g/mol. The number of carbonyl (C=O) groups is 2. The van der Waals surface area contributed by atoms with E-state index in [2.05, 4.69) is 0 Å². The monoisotopic (exact) mass is 240 g/mol. The van der Waals surface area contributed by atoms with E-state index >= 15 is 0 Å². The largest absolute Gasteiger partial charge is 0.481 e. The smallest absolute Gasteiger partial charge is 0.307 e. The maximum absolute atomic E-state index is 10.8. The molecule has 0 aliphatic rings. The van der Waals surface area contributed by atoms with Gasteiger partial charge in [-0.1, -0.05) is 18.2 Å². The second-order valence-electron chi connectivity index (χ2n) is 3.26. The number of hydrogen-bond donors (Lipinski definition) is 2. The maximum atomic E-state index is 10.8. The SMILES string of the molecule is O=C(O)CC(CSc1ccccc1)C(=O)O. The molecule has 16 heavy (non-hydrogen) atoms. The predicted octanol–water partition coefficient (Wildman–Crippen LogP) is 1.95. The first-order valence-corrected chi connectivity index (χ1v) is 5.70. The summed E-state index contributed by atoms with van der Waals surface area (Å²) in [6.07, 6.45) is -0.338. The van der Waals surface area contributed by atoms with Gasteiger partial charge < -0.3 is 10.2 Å². The molecule has 0 fully saturated rings. The quantitative estimate of drug-likeness (QED) is 0.743. The molecule has 0 bridgehead atoms. The van der Waals surface area contributed by atoms with E-state index in [1.165, 1.54) is 11.8 Å². The lowest BCUT2D eigenvalue weighted by atomic mass is 10.1. The summed E-state index contributed by atoms with van der Waals surface area (Å²) in [5.41, 5.74) is 0. The summed E-state index contributed by atoms with van der Waals surface area (Å²) in [5.74, 6) is -2.72. The Morgan fingerprint density at radius 2 is 1.81 bits per heavy atom. The third-order valence-corrected chi connectivity index (χ3v) is 3.14. The van der Waals surface area contributed by atoms with Gasteiger partial charge in [-0.25, -0.2) is 0 Å². The van der Waals surface area contributed by atoms with Gasteiger partial charge in [-0.2, -0.15) is 0 Å². The molecule has 2 N–H and O–H groups in total. The number of thioether (sulfide) groups is 1. The summed E-state index contributed by atoms with van der Waals surface area (Å²) in [5, 5.41) is 17.4. The van der Waals surface area contributed by atoms with E-state index in [9.17, 15) is 9.59 Å². The van der Waals surface area contributed by atoms with E-state index < -0.39 is 17.9 Å². The topological polar surface area (TPSA) is 74.6 Å². The molecule has 4 nitrogen and oxygen atoms in total. The van der Waals surface area contributed by atoms with Crippen LogP contribution in [-0.2, 0) is 9.59 Å². The number of carboxylic acids is 2. The van der Waals surface area contributed by atoms with Crippen LogP contribution in [0.5, 0.6) is 0 Å². The minimum Gasteiger partial charge on any atom is -0.481 e. The van der Waals surface area contributed by atoms with Gasteiger partial charge in [-0.05, 0) is 12.1 Å². The third kappa shape index (κ3) is 4.35. The van der Waals surface area contributed by atoms with Crippen molar-refractivity contribution in [2.24, 2.45) is 5.92 Å².